The summed E-state index contributed by atoms with van der Waals surface area (Å²) in [6, 6.07) is 6.92. The molecular formula is C12H8FN3O2S. The third-order valence-corrected chi connectivity index (χ3v) is 3.33. The molecule has 7 heteroatoms. The smallest absolute Gasteiger partial charge is 0.292 e. The van der Waals surface area contributed by atoms with Gasteiger partial charge < -0.3 is 5.32 Å². The highest BCUT2D eigenvalue weighted by Gasteiger charge is 2.14. The number of nitriles is 1. The van der Waals surface area contributed by atoms with Crippen molar-refractivity contribution in [3.05, 3.63) is 56.0 Å². The van der Waals surface area contributed by atoms with Gasteiger partial charge in [-0.05, 0) is 12.1 Å². The van der Waals surface area contributed by atoms with Crippen molar-refractivity contribution in [2.24, 2.45) is 0 Å². The molecule has 5 nitrogen and oxygen atoms in total. The highest BCUT2D eigenvalue weighted by atomic mass is 32.1. The van der Waals surface area contributed by atoms with Crippen molar-refractivity contribution in [2.45, 2.75) is 6.54 Å². The fraction of sp³-hybridized carbons (Fsp3) is 0.0833. The number of thiophene rings is 1. The van der Waals surface area contributed by atoms with Crippen LogP contribution in [0.5, 0.6) is 0 Å². The van der Waals surface area contributed by atoms with Gasteiger partial charge in [0, 0.05) is 28.9 Å². The quantitative estimate of drug-likeness (QED) is 0.687. The van der Waals surface area contributed by atoms with Gasteiger partial charge in [0.25, 0.3) is 5.69 Å². The van der Waals surface area contributed by atoms with Gasteiger partial charge in [-0.25, -0.2) is 4.39 Å². The summed E-state index contributed by atoms with van der Waals surface area (Å²) in [4.78, 5) is 11.1. The predicted octanol–water partition coefficient (Wildman–Crippen LogP) is 3.28. The van der Waals surface area contributed by atoms with Crippen molar-refractivity contribution in [3.63, 3.8) is 0 Å². The van der Waals surface area contributed by atoms with Gasteiger partial charge in [0.1, 0.15) is 17.6 Å². The molecule has 0 unspecified atom stereocenters. The summed E-state index contributed by atoms with van der Waals surface area (Å²) in [6.07, 6.45) is 0. The second kappa shape index (κ2) is 5.46. The van der Waals surface area contributed by atoms with Crippen LogP contribution in [0.1, 0.15) is 10.4 Å². The molecule has 1 aromatic heterocycles. The van der Waals surface area contributed by atoms with Gasteiger partial charge in [-0.15, -0.1) is 11.3 Å². The Labute approximate surface area is 112 Å². The van der Waals surface area contributed by atoms with Gasteiger partial charge in [0.2, 0.25) is 0 Å². The van der Waals surface area contributed by atoms with E-state index in [4.69, 9.17) is 5.26 Å². The minimum absolute atomic E-state index is 0.122. The first-order chi connectivity index (χ1) is 9.10. The Morgan fingerprint density at radius 2 is 2.26 bits per heavy atom. The first kappa shape index (κ1) is 13.0. The van der Waals surface area contributed by atoms with Crippen LogP contribution in [-0.2, 0) is 6.54 Å². The second-order valence-corrected chi connectivity index (χ2v) is 4.68. The van der Waals surface area contributed by atoms with Crippen molar-refractivity contribution in [3.8, 4) is 6.07 Å². The number of nitrogens with zero attached hydrogens (tertiary/aromatic N) is 2. The molecule has 0 atom stereocenters. The van der Waals surface area contributed by atoms with E-state index in [0.717, 1.165) is 23.1 Å². The van der Waals surface area contributed by atoms with E-state index in [0.29, 0.717) is 12.1 Å². The first-order valence-corrected chi connectivity index (χ1v) is 6.13. The number of benzene rings is 1. The molecule has 0 aliphatic heterocycles. The van der Waals surface area contributed by atoms with E-state index in [1.165, 1.54) is 11.3 Å². The molecule has 2 aromatic rings. The summed E-state index contributed by atoms with van der Waals surface area (Å²) in [5, 5.41) is 24.0. The minimum atomic E-state index is -0.573. The zero-order valence-corrected chi connectivity index (χ0v) is 10.4. The summed E-state index contributed by atoms with van der Waals surface area (Å²) in [6.45, 7) is 0.302. The fourth-order valence-electron chi connectivity index (χ4n) is 1.52. The van der Waals surface area contributed by atoms with Crippen LogP contribution >= 0.6 is 11.3 Å². The molecule has 2 rings (SSSR count). The molecule has 0 saturated carbocycles. The normalized spacial score (nSPS) is 9.89. The highest BCUT2D eigenvalue weighted by molar-refractivity contribution is 7.10. The van der Waals surface area contributed by atoms with Crippen LogP contribution in [0.25, 0.3) is 0 Å². The summed E-state index contributed by atoms with van der Waals surface area (Å²) in [7, 11) is 0. The van der Waals surface area contributed by atoms with Gasteiger partial charge in [-0.3, -0.25) is 10.1 Å². The Hall–Kier alpha value is -2.46. The first-order valence-electron chi connectivity index (χ1n) is 5.25. The lowest BCUT2D eigenvalue weighted by atomic mass is 10.2. The lowest BCUT2D eigenvalue weighted by Gasteiger charge is -2.05. The second-order valence-electron chi connectivity index (χ2n) is 3.69. The van der Waals surface area contributed by atoms with Crippen molar-refractivity contribution in [1.29, 1.82) is 5.26 Å². The monoisotopic (exact) mass is 277 g/mol. The molecule has 1 N–H and O–H groups in total. The number of rotatable bonds is 4. The maximum Gasteiger partial charge on any atom is 0.292 e. The Bertz CT molecular complexity index is 663. The molecule has 0 bridgehead atoms. The third kappa shape index (κ3) is 3.05. The van der Waals surface area contributed by atoms with E-state index in [1.54, 1.807) is 11.4 Å². The highest BCUT2D eigenvalue weighted by Crippen LogP contribution is 2.26. The summed E-state index contributed by atoms with van der Waals surface area (Å²) in [5.74, 6) is -0.544. The van der Waals surface area contributed by atoms with E-state index in [1.807, 2.05) is 6.07 Å². The van der Waals surface area contributed by atoms with Crippen LogP contribution < -0.4 is 5.32 Å². The summed E-state index contributed by atoms with van der Waals surface area (Å²) >= 11 is 1.36. The average Bonchev–Trinajstić information content (AvgIpc) is 2.84. The molecule has 0 aliphatic rings. The van der Waals surface area contributed by atoms with Crippen molar-refractivity contribution < 1.29 is 9.31 Å². The molecule has 0 fully saturated rings. The Kier molecular flexibility index (Phi) is 3.73. The lowest BCUT2D eigenvalue weighted by molar-refractivity contribution is -0.384. The number of hydrogen-bond acceptors (Lipinski definition) is 5. The molecule has 0 amide bonds. The summed E-state index contributed by atoms with van der Waals surface area (Å²) < 4.78 is 13.1. The fourth-order valence-corrected chi connectivity index (χ4v) is 2.27. The zero-order chi connectivity index (χ0) is 13.8. The maximum atomic E-state index is 13.1. The number of halogens is 1. The molecule has 1 aromatic carbocycles. The van der Waals surface area contributed by atoms with E-state index in [2.05, 4.69) is 5.32 Å². The Morgan fingerprint density at radius 3 is 2.89 bits per heavy atom. The molecular weight excluding hydrogens is 269 g/mol. The zero-order valence-electron chi connectivity index (χ0n) is 9.59. The SMILES string of the molecule is N#Cc1csc(CNc2cc(F)ccc2[N+](=O)[O-])c1. The lowest BCUT2D eigenvalue weighted by Crippen LogP contribution is -2.02. The van der Waals surface area contributed by atoms with Gasteiger partial charge in [-0.2, -0.15) is 5.26 Å². The largest absolute Gasteiger partial charge is 0.375 e. The van der Waals surface area contributed by atoms with E-state index < -0.39 is 10.7 Å². The summed E-state index contributed by atoms with van der Waals surface area (Å²) in [5.41, 5.74) is 0.478. The van der Waals surface area contributed by atoms with Crippen LogP contribution in [-0.4, -0.2) is 4.92 Å². The number of hydrogen-bond donors (Lipinski definition) is 1. The number of nitro benzene ring substituents is 1. The predicted molar refractivity (Wildman–Crippen MR) is 69.4 cm³/mol. The Morgan fingerprint density at radius 1 is 1.47 bits per heavy atom. The van der Waals surface area contributed by atoms with E-state index >= 15 is 0 Å². The van der Waals surface area contributed by atoms with Crippen LogP contribution in [0.3, 0.4) is 0 Å². The number of nitro groups is 1. The molecule has 1 heterocycles. The standard InChI is InChI=1S/C12H8FN3O2S/c13-9-1-2-12(16(17)18)11(4-9)15-6-10-3-8(5-14)7-19-10/h1-4,7,15H,6H2. The van der Waals surface area contributed by atoms with Crippen molar-refractivity contribution >= 4 is 22.7 Å². The van der Waals surface area contributed by atoms with Gasteiger partial charge >= 0.3 is 0 Å². The number of anilines is 1. The van der Waals surface area contributed by atoms with E-state index in [9.17, 15) is 14.5 Å². The topological polar surface area (TPSA) is 79.0 Å². The molecule has 0 radical (unpaired) electrons. The van der Waals surface area contributed by atoms with Crippen LogP contribution in [0.4, 0.5) is 15.8 Å². The molecule has 0 aliphatic carbocycles. The maximum absolute atomic E-state index is 13.1. The number of nitrogens with one attached hydrogen (secondary N) is 1. The van der Waals surface area contributed by atoms with Crippen molar-refractivity contribution in [2.75, 3.05) is 5.32 Å². The van der Waals surface area contributed by atoms with Crippen molar-refractivity contribution in [1.82, 2.24) is 0 Å². The average molecular weight is 277 g/mol. The van der Waals surface area contributed by atoms with Crippen LogP contribution in [0.2, 0.25) is 0 Å². The van der Waals surface area contributed by atoms with Gasteiger partial charge in [-0.1, -0.05) is 0 Å². The minimum Gasteiger partial charge on any atom is -0.375 e. The van der Waals surface area contributed by atoms with E-state index in [-0.39, 0.29) is 11.4 Å². The van der Waals surface area contributed by atoms with Crippen LogP contribution in [0, 0.1) is 27.3 Å². The van der Waals surface area contributed by atoms with Gasteiger partial charge in [0.05, 0.1) is 10.5 Å². The van der Waals surface area contributed by atoms with Crippen LogP contribution in [0.15, 0.2) is 29.6 Å². The Balaban J connectivity index is 2.17. The molecule has 96 valence electrons. The molecule has 19 heavy (non-hydrogen) atoms. The molecule has 0 spiro atoms. The van der Waals surface area contributed by atoms with Gasteiger partial charge in [0.15, 0.2) is 0 Å². The third-order valence-electron chi connectivity index (χ3n) is 2.39. The molecule has 0 saturated heterocycles.